The van der Waals surface area contributed by atoms with Crippen LogP contribution in [0.4, 0.5) is 5.69 Å². The molecule has 4 rings (SSSR count). The van der Waals surface area contributed by atoms with Crippen LogP contribution in [0.3, 0.4) is 0 Å². The first-order valence-corrected chi connectivity index (χ1v) is 11.5. The summed E-state index contributed by atoms with van der Waals surface area (Å²) in [6.07, 6.45) is 4.99. The van der Waals surface area contributed by atoms with Gasteiger partial charge in [-0.3, -0.25) is 10.1 Å². The number of non-ortho nitro benzene ring substituents is 1. The number of carboxylic acids is 1. The minimum absolute atomic E-state index is 0.0608. The molecule has 12 nitrogen and oxygen atoms in total. The number of esters is 1. The molecule has 12 heteroatoms. The molecule has 194 valence electrons. The van der Waals surface area contributed by atoms with E-state index in [-0.39, 0.29) is 23.4 Å². The van der Waals surface area contributed by atoms with Crippen molar-refractivity contribution in [1.29, 1.82) is 0 Å². The van der Waals surface area contributed by atoms with E-state index in [9.17, 15) is 24.8 Å². The highest BCUT2D eigenvalue weighted by Crippen LogP contribution is 2.39. The highest BCUT2D eigenvalue weighted by atomic mass is 16.6. The summed E-state index contributed by atoms with van der Waals surface area (Å²) < 4.78 is 7.07. The van der Waals surface area contributed by atoms with Crippen LogP contribution < -0.4 is 5.32 Å². The first-order chi connectivity index (χ1) is 18.2. The Labute approximate surface area is 217 Å². The molecule has 0 spiro atoms. The Morgan fingerprint density at radius 2 is 1.89 bits per heavy atom. The summed E-state index contributed by atoms with van der Waals surface area (Å²) in [5.41, 5.74) is 2.74. The number of carboxylic acid groups (broad SMARTS) is 1. The van der Waals surface area contributed by atoms with E-state index in [1.54, 1.807) is 36.7 Å². The van der Waals surface area contributed by atoms with E-state index >= 15 is 0 Å². The molecule has 1 aliphatic heterocycles. The average molecular weight is 517 g/mol. The number of hydrogen-bond donors (Lipinski definition) is 2. The average Bonchev–Trinajstić information content (AvgIpc) is 3.40. The first-order valence-electron chi connectivity index (χ1n) is 11.5. The fourth-order valence-electron chi connectivity index (χ4n) is 4.26. The molecule has 2 aromatic carbocycles. The number of allylic oxidation sites excluding steroid dienone is 2. The van der Waals surface area contributed by atoms with Gasteiger partial charge in [-0.15, -0.1) is 5.10 Å². The molecule has 0 saturated heterocycles. The van der Waals surface area contributed by atoms with Crippen LogP contribution in [0, 0.1) is 10.1 Å². The molecular formula is C26H24N6O6. The predicted molar refractivity (Wildman–Crippen MR) is 135 cm³/mol. The van der Waals surface area contributed by atoms with E-state index in [2.05, 4.69) is 20.8 Å². The van der Waals surface area contributed by atoms with E-state index in [1.165, 1.54) is 24.5 Å². The number of carbonyl (C=O) groups excluding carboxylic acids is 1. The first kappa shape index (κ1) is 25.9. The molecule has 0 amide bonds. The van der Waals surface area contributed by atoms with Crippen molar-refractivity contribution in [3.63, 3.8) is 0 Å². The number of carbonyl (C=O) groups is 2. The second kappa shape index (κ2) is 11.3. The number of dihydropyridines is 1. The number of nitrogens with one attached hydrogen (secondary N) is 1. The standard InChI is InChI=1S/C26H24N6O6/c1-16-22(25(33)34)24(20-6-3-7-21(13-20)32(36)37)23(17(2)28-16)26(35)38-12-4-5-18-8-10-19(11-9-18)14-31-15-27-29-30-31/h3-11,13,15,24,28H,12,14H2,1-2H3,(H,33,34). The fourth-order valence-corrected chi connectivity index (χ4v) is 4.26. The Morgan fingerprint density at radius 1 is 1.16 bits per heavy atom. The lowest BCUT2D eigenvalue weighted by atomic mass is 9.80. The third-order valence-electron chi connectivity index (χ3n) is 5.96. The lowest BCUT2D eigenvalue weighted by molar-refractivity contribution is -0.384. The molecule has 2 heterocycles. The summed E-state index contributed by atoms with van der Waals surface area (Å²) in [4.78, 5) is 36.1. The number of nitro benzene ring substituents is 1. The van der Waals surface area contributed by atoms with Gasteiger partial charge < -0.3 is 15.2 Å². The normalized spacial score (nSPS) is 15.5. The molecule has 38 heavy (non-hydrogen) atoms. The Kier molecular flexibility index (Phi) is 7.71. The van der Waals surface area contributed by atoms with Gasteiger partial charge in [-0.2, -0.15) is 0 Å². The maximum absolute atomic E-state index is 13.2. The summed E-state index contributed by atoms with van der Waals surface area (Å²) >= 11 is 0. The Balaban J connectivity index is 1.49. The number of hydrogen-bond acceptors (Lipinski definition) is 9. The maximum atomic E-state index is 13.2. The molecule has 0 fully saturated rings. The molecule has 0 aliphatic carbocycles. The van der Waals surface area contributed by atoms with Crippen molar-refractivity contribution in [3.8, 4) is 0 Å². The van der Waals surface area contributed by atoms with Gasteiger partial charge >= 0.3 is 11.9 Å². The van der Waals surface area contributed by atoms with Crippen molar-refractivity contribution in [3.05, 3.63) is 110 Å². The molecule has 1 atom stereocenters. The molecule has 1 aliphatic rings. The van der Waals surface area contributed by atoms with Crippen LogP contribution in [0.25, 0.3) is 6.08 Å². The van der Waals surface area contributed by atoms with Crippen molar-refractivity contribution in [2.24, 2.45) is 0 Å². The van der Waals surface area contributed by atoms with Gasteiger partial charge in [-0.05, 0) is 47.0 Å². The van der Waals surface area contributed by atoms with E-state index in [0.29, 0.717) is 23.5 Å². The molecule has 3 aromatic rings. The summed E-state index contributed by atoms with van der Waals surface area (Å²) in [7, 11) is 0. The number of ether oxygens (including phenoxy) is 1. The molecular weight excluding hydrogens is 492 g/mol. The smallest absolute Gasteiger partial charge is 0.337 e. The van der Waals surface area contributed by atoms with E-state index in [1.807, 2.05) is 24.3 Å². The monoisotopic (exact) mass is 516 g/mol. The molecule has 0 saturated carbocycles. The van der Waals surface area contributed by atoms with E-state index < -0.39 is 22.8 Å². The third kappa shape index (κ3) is 5.81. The van der Waals surface area contributed by atoms with Crippen molar-refractivity contribution in [2.45, 2.75) is 26.3 Å². The van der Waals surface area contributed by atoms with Crippen molar-refractivity contribution in [2.75, 3.05) is 6.61 Å². The van der Waals surface area contributed by atoms with Gasteiger partial charge in [0.1, 0.15) is 12.9 Å². The fraction of sp³-hybridized carbons (Fsp3) is 0.192. The van der Waals surface area contributed by atoms with E-state index in [0.717, 1.165) is 11.1 Å². The van der Waals surface area contributed by atoms with E-state index in [4.69, 9.17) is 4.74 Å². The van der Waals surface area contributed by atoms with Gasteiger partial charge in [0.25, 0.3) is 5.69 Å². The number of aromatic nitrogens is 4. The summed E-state index contributed by atoms with van der Waals surface area (Å²) in [5, 5.41) is 35.2. The van der Waals surface area contributed by atoms with Crippen LogP contribution in [0.2, 0.25) is 0 Å². The van der Waals surface area contributed by atoms with Crippen LogP contribution in [-0.2, 0) is 20.9 Å². The van der Waals surface area contributed by atoms with Gasteiger partial charge in [0.2, 0.25) is 0 Å². The van der Waals surface area contributed by atoms with Crippen LogP contribution in [0.15, 0.2) is 83.5 Å². The van der Waals surface area contributed by atoms with Gasteiger partial charge in [0.05, 0.1) is 28.5 Å². The SMILES string of the molecule is CC1=C(C(=O)O)C(c2cccc([N+](=O)[O-])c2)C(C(=O)OCC=Cc2ccc(Cn3cnnn3)cc2)=C(C)N1. The molecule has 1 aromatic heterocycles. The quantitative estimate of drug-likeness (QED) is 0.245. The maximum Gasteiger partial charge on any atom is 0.337 e. The number of nitrogens with zero attached hydrogens (tertiary/aromatic N) is 5. The van der Waals surface area contributed by atoms with Crippen LogP contribution in [-0.4, -0.2) is 48.8 Å². The van der Waals surface area contributed by atoms with Crippen molar-refractivity contribution < 1.29 is 24.4 Å². The number of aliphatic carboxylic acids is 1. The Hall–Kier alpha value is -5.13. The van der Waals surface area contributed by atoms with Crippen LogP contribution in [0.1, 0.15) is 36.5 Å². The van der Waals surface area contributed by atoms with Gasteiger partial charge in [-0.1, -0.05) is 42.5 Å². The summed E-state index contributed by atoms with van der Waals surface area (Å²) in [6.45, 7) is 3.69. The highest BCUT2D eigenvalue weighted by Gasteiger charge is 2.37. The minimum Gasteiger partial charge on any atom is -0.478 e. The van der Waals surface area contributed by atoms with Crippen molar-refractivity contribution >= 4 is 23.7 Å². The molecule has 0 radical (unpaired) electrons. The molecule has 2 N–H and O–H groups in total. The van der Waals surface area contributed by atoms with Crippen molar-refractivity contribution in [1.82, 2.24) is 25.5 Å². The van der Waals surface area contributed by atoms with Gasteiger partial charge in [0.15, 0.2) is 0 Å². The summed E-state index contributed by atoms with van der Waals surface area (Å²) in [6, 6.07) is 13.3. The lowest BCUT2D eigenvalue weighted by Crippen LogP contribution is -2.31. The molecule has 1 unspecified atom stereocenters. The third-order valence-corrected chi connectivity index (χ3v) is 5.96. The number of tetrazole rings is 1. The van der Waals surface area contributed by atoms with Gasteiger partial charge in [-0.25, -0.2) is 14.3 Å². The second-order valence-electron chi connectivity index (χ2n) is 8.54. The zero-order valence-electron chi connectivity index (χ0n) is 20.6. The molecule has 0 bridgehead atoms. The largest absolute Gasteiger partial charge is 0.478 e. The zero-order chi connectivity index (χ0) is 27.2. The topological polar surface area (TPSA) is 162 Å². The number of nitro groups is 1. The minimum atomic E-state index is -1.24. The Bertz CT molecular complexity index is 1460. The summed E-state index contributed by atoms with van der Waals surface area (Å²) in [5.74, 6) is -3.01. The number of rotatable bonds is 9. The zero-order valence-corrected chi connectivity index (χ0v) is 20.6. The van der Waals surface area contributed by atoms with Crippen LogP contribution >= 0.6 is 0 Å². The second-order valence-corrected chi connectivity index (χ2v) is 8.54. The highest BCUT2D eigenvalue weighted by molar-refractivity contribution is 5.99. The predicted octanol–water partition coefficient (Wildman–Crippen LogP) is 3.21. The number of benzene rings is 2. The Morgan fingerprint density at radius 3 is 2.55 bits per heavy atom. The van der Waals surface area contributed by atoms with Gasteiger partial charge in [0, 0.05) is 23.5 Å². The van der Waals surface area contributed by atoms with Crippen LogP contribution in [0.5, 0.6) is 0 Å². The lowest BCUT2D eigenvalue weighted by Gasteiger charge is -2.29.